The van der Waals surface area contributed by atoms with Crippen LogP contribution in [0.3, 0.4) is 0 Å². The number of halogens is 1. The predicted molar refractivity (Wildman–Crippen MR) is 76.4 cm³/mol. The van der Waals surface area contributed by atoms with Crippen LogP contribution in [0.5, 0.6) is 0 Å². The van der Waals surface area contributed by atoms with Gasteiger partial charge < -0.3 is 20.1 Å². The third-order valence-corrected chi connectivity index (χ3v) is 3.66. The molecule has 1 aromatic heterocycles. The van der Waals surface area contributed by atoms with E-state index in [9.17, 15) is 29.3 Å². The van der Waals surface area contributed by atoms with Crippen LogP contribution in [0.15, 0.2) is 15.7 Å². The molecule has 5 atom stereocenters. The maximum absolute atomic E-state index is 12.4. The lowest BCUT2D eigenvalue weighted by Crippen LogP contribution is -2.49. The molecule has 126 valence electrons. The molecule has 0 amide bonds. The van der Waals surface area contributed by atoms with Gasteiger partial charge >= 0.3 is 5.69 Å². The van der Waals surface area contributed by atoms with Crippen molar-refractivity contribution in [3.8, 4) is 11.8 Å². The van der Waals surface area contributed by atoms with E-state index in [0.717, 1.165) is 10.6 Å². The Morgan fingerprint density at radius 3 is 2.74 bits per heavy atom. The number of ether oxygens (including phenoxy) is 1. The summed E-state index contributed by atoms with van der Waals surface area (Å²) in [5.41, 5.74) is -3.73. The van der Waals surface area contributed by atoms with Crippen LogP contribution in [0.4, 0.5) is 4.39 Å². The Morgan fingerprint density at radius 2 is 2.22 bits per heavy atom. The van der Waals surface area contributed by atoms with E-state index in [1.165, 1.54) is 13.8 Å². The normalized spacial score (nSPS) is 31.5. The topological polar surface area (TPSA) is 125 Å². The fraction of sp³-hybridized carbons (Fsp3) is 0.571. The minimum absolute atomic E-state index is 0.141. The Morgan fingerprint density at radius 1 is 1.57 bits per heavy atom. The molecule has 0 spiro atoms. The van der Waals surface area contributed by atoms with Gasteiger partial charge in [-0.15, -0.1) is 0 Å². The Labute approximate surface area is 130 Å². The fourth-order valence-electron chi connectivity index (χ4n) is 2.58. The summed E-state index contributed by atoms with van der Waals surface area (Å²) >= 11 is 0. The molecule has 9 heteroatoms. The number of aryl methyl sites for hydroxylation is 1. The van der Waals surface area contributed by atoms with Gasteiger partial charge in [0.1, 0.15) is 18.9 Å². The molecule has 4 N–H and O–H groups in total. The second kappa shape index (κ2) is 6.25. The SMILES string of the molecule is Cc1cc(=O)[nH]c(=O)n1[C@@H]1O[C@H]([C@H](C)O)C(O)[C@]1(O)C#CCF. The lowest BCUT2D eigenvalue weighted by molar-refractivity contribution is -0.0892. The van der Waals surface area contributed by atoms with Crippen LogP contribution in [-0.2, 0) is 4.74 Å². The molecular formula is C14H17FN2O6. The molecule has 2 rings (SSSR count). The van der Waals surface area contributed by atoms with Crippen LogP contribution >= 0.6 is 0 Å². The quantitative estimate of drug-likeness (QED) is 0.474. The van der Waals surface area contributed by atoms with Gasteiger partial charge in [-0.1, -0.05) is 11.8 Å². The van der Waals surface area contributed by atoms with E-state index >= 15 is 0 Å². The van der Waals surface area contributed by atoms with Gasteiger partial charge in [-0.3, -0.25) is 14.3 Å². The van der Waals surface area contributed by atoms with Crippen molar-refractivity contribution in [1.29, 1.82) is 0 Å². The van der Waals surface area contributed by atoms with Gasteiger partial charge in [-0.25, -0.2) is 9.18 Å². The number of aromatic amines is 1. The number of hydrogen-bond acceptors (Lipinski definition) is 6. The predicted octanol–water partition coefficient (Wildman–Crippen LogP) is -1.81. The fourth-order valence-corrected chi connectivity index (χ4v) is 2.58. The molecule has 0 aliphatic carbocycles. The Kier molecular flexibility index (Phi) is 4.72. The molecule has 0 saturated carbocycles. The smallest absolute Gasteiger partial charge is 0.330 e. The lowest BCUT2D eigenvalue weighted by Gasteiger charge is -2.27. The Hall–Kier alpha value is -1.99. The molecule has 1 aliphatic rings. The van der Waals surface area contributed by atoms with Crippen LogP contribution in [0.25, 0.3) is 0 Å². The van der Waals surface area contributed by atoms with Gasteiger partial charge in [0.2, 0.25) is 0 Å². The van der Waals surface area contributed by atoms with Crippen molar-refractivity contribution in [2.24, 2.45) is 0 Å². The molecule has 2 heterocycles. The highest BCUT2D eigenvalue weighted by Gasteiger charge is 2.57. The first-order valence-electron chi connectivity index (χ1n) is 6.84. The van der Waals surface area contributed by atoms with Gasteiger partial charge in [0.05, 0.1) is 6.10 Å². The van der Waals surface area contributed by atoms with Gasteiger partial charge in [0, 0.05) is 11.8 Å². The maximum Gasteiger partial charge on any atom is 0.330 e. The van der Waals surface area contributed by atoms with Crippen LogP contribution in [0.1, 0.15) is 18.8 Å². The Balaban J connectivity index is 2.63. The summed E-state index contributed by atoms with van der Waals surface area (Å²) in [6.07, 6.45) is -5.66. The van der Waals surface area contributed by atoms with E-state index in [0.29, 0.717) is 0 Å². The first-order valence-corrected chi connectivity index (χ1v) is 6.84. The zero-order valence-electron chi connectivity index (χ0n) is 12.5. The van der Waals surface area contributed by atoms with Crippen molar-refractivity contribution in [2.75, 3.05) is 6.67 Å². The molecule has 0 aromatic carbocycles. The largest absolute Gasteiger partial charge is 0.391 e. The highest BCUT2D eigenvalue weighted by molar-refractivity contribution is 5.24. The van der Waals surface area contributed by atoms with Gasteiger partial charge in [0.15, 0.2) is 11.8 Å². The average Bonchev–Trinajstić information content (AvgIpc) is 2.70. The number of aliphatic hydroxyl groups excluding tert-OH is 2. The standard InChI is InChI=1S/C14H17FN2O6/c1-7-6-9(19)16-13(21)17(7)12-14(22,4-3-5-15)11(20)10(23-12)8(2)18/h6,8,10-12,18,20,22H,5H2,1-2H3,(H,16,19,21)/t8-,10+,11?,12+,14+/m0/s1. The number of nitrogens with zero attached hydrogens (tertiary/aromatic N) is 1. The molecule has 1 aliphatic heterocycles. The number of hydrogen-bond donors (Lipinski definition) is 4. The monoisotopic (exact) mass is 328 g/mol. The van der Waals surface area contributed by atoms with Crippen molar-refractivity contribution < 1.29 is 24.4 Å². The number of H-pyrrole nitrogens is 1. The molecule has 8 nitrogen and oxygen atoms in total. The third-order valence-electron chi connectivity index (χ3n) is 3.66. The number of aliphatic hydroxyl groups is 3. The summed E-state index contributed by atoms with van der Waals surface area (Å²) in [6.45, 7) is 1.66. The first-order chi connectivity index (χ1) is 10.7. The van der Waals surface area contributed by atoms with Crippen LogP contribution < -0.4 is 11.2 Å². The summed E-state index contributed by atoms with van der Waals surface area (Å²) < 4.78 is 18.7. The second-order valence-corrected chi connectivity index (χ2v) is 5.35. The maximum atomic E-state index is 12.4. The minimum atomic E-state index is -2.33. The van der Waals surface area contributed by atoms with E-state index in [-0.39, 0.29) is 5.69 Å². The van der Waals surface area contributed by atoms with E-state index in [2.05, 4.69) is 5.92 Å². The number of alkyl halides is 1. The van der Waals surface area contributed by atoms with Crippen LogP contribution in [0.2, 0.25) is 0 Å². The third kappa shape index (κ3) is 2.94. The summed E-state index contributed by atoms with van der Waals surface area (Å²) in [4.78, 5) is 25.4. The molecule has 23 heavy (non-hydrogen) atoms. The highest BCUT2D eigenvalue weighted by Crippen LogP contribution is 2.39. The molecular weight excluding hydrogens is 311 g/mol. The van der Waals surface area contributed by atoms with E-state index in [1.54, 1.807) is 0 Å². The van der Waals surface area contributed by atoms with Crippen molar-refractivity contribution in [2.45, 2.75) is 44.0 Å². The molecule has 0 radical (unpaired) electrons. The van der Waals surface area contributed by atoms with Gasteiger partial charge in [-0.05, 0) is 13.8 Å². The molecule has 1 fully saturated rings. The zero-order chi connectivity index (χ0) is 17.4. The highest BCUT2D eigenvalue weighted by atomic mass is 19.1. The van der Waals surface area contributed by atoms with Crippen LogP contribution in [0, 0.1) is 18.8 Å². The van der Waals surface area contributed by atoms with Crippen LogP contribution in [-0.4, -0.2) is 55.5 Å². The van der Waals surface area contributed by atoms with Crippen molar-refractivity contribution in [3.05, 3.63) is 32.6 Å². The average molecular weight is 328 g/mol. The number of rotatable bonds is 2. The molecule has 0 bridgehead atoms. The van der Waals surface area contributed by atoms with E-state index in [1.807, 2.05) is 10.9 Å². The van der Waals surface area contributed by atoms with E-state index < -0.39 is 48.1 Å². The van der Waals surface area contributed by atoms with Crippen molar-refractivity contribution in [1.82, 2.24) is 9.55 Å². The van der Waals surface area contributed by atoms with Crippen molar-refractivity contribution >= 4 is 0 Å². The zero-order valence-corrected chi connectivity index (χ0v) is 12.5. The number of nitrogens with one attached hydrogen (secondary N) is 1. The summed E-state index contributed by atoms with van der Waals surface area (Å²) in [5.74, 6) is 4.15. The van der Waals surface area contributed by atoms with E-state index in [4.69, 9.17) is 4.74 Å². The summed E-state index contributed by atoms with van der Waals surface area (Å²) in [5, 5.41) is 30.6. The second-order valence-electron chi connectivity index (χ2n) is 5.35. The molecule has 1 aromatic rings. The first kappa shape index (κ1) is 17.4. The summed E-state index contributed by atoms with van der Waals surface area (Å²) in [7, 11) is 0. The van der Waals surface area contributed by atoms with Gasteiger partial charge in [0.25, 0.3) is 5.56 Å². The van der Waals surface area contributed by atoms with Gasteiger partial charge in [-0.2, -0.15) is 0 Å². The minimum Gasteiger partial charge on any atom is -0.391 e. The molecule has 1 unspecified atom stereocenters. The lowest BCUT2D eigenvalue weighted by atomic mass is 9.92. The summed E-state index contributed by atoms with van der Waals surface area (Å²) in [6, 6.07) is 1.09. The molecule has 1 saturated heterocycles. The number of aromatic nitrogens is 2. The Bertz CT molecular complexity index is 761. The van der Waals surface area contributed by atoms with Crippen molar-refractivity contribution in [3.63, 3.8) is 0 Å².